The van der Waals surface area contributed by atoms with Gasteiger partial charge in [0, 0.05) is 24.4 Å². The number of hydrogen-bond donors (Lipinski definition) is 0. The molecule has 0 aliphatic carbocycles. The summed E-state index contributed by atoms with van der Waals surface area (Å²) in [5.74, 6) is 0.459. The normalized spacial score (nSPS) is 13.5. The van der Waals surface area contributed by atoms with E-state index in [0.717, 1.165) is 23.1 Å². The number of hydrogen-bond acceptors (Lipinski definition) is 3. The van der Waals surface area contributed by atoms with Crippen molar-refractivity contribution >= 4 is 17.5 Å². The summed E-state index contributed by atoms with van der Waals surface area (Å²) in [4.78, 5) is 18.7. The van der Waals surface area contributed by atoms with Crippen LogP contribution in [0.25, 0.3) is 0 Å². The van der Waals surface area contributed by atoms with Gasteiger partial charge in [0.2, 0.25) is 0 Å². The van der Waals surface area contributed by atoms with Gasteiger partial charge in [-0.3, -0.25) is 4.79 Å². The van der Waals surface area contributed by atoms with Gasteiger partial charge in [0.1, 0.15) is 17.3 Å². The van der Waals surface area contributed by atoms with Crippen molar-refractivity contribution in [3.63, 3.8) is 0 Å². The van der Waals surface area contributed by atoms with Gasteiger partial charge in [-0.05, 0) is 23.8 Å². The quantitative estimate of drug-likeness (QED) is 0.692. The lowest BCUT2D eigenvalue weighted by Crippen LogP contribution is -2.36. The summed E-state index contributed by atoms with van der Waals surface area (Å²) in [6.07, 6.45) is 1.17. The van der Waals surface area contributed by atoms with Gasteiger partial charge >= 0.3 is 0 Å². The molecule has 132 valence electrons. The molecule has 26 heavy (non-hydrogen) atoms. The summed E-state index contributed by atoms with van der Waals surface area (Å²) in [6.45, 7) is 0.780. The van der Waals surface area contributed by atoms with Gasteiger partial charge < -0.3 is 9.32 Å². The Balaban J connectivity index is 1.51. The Hall–Kier alpha value is -2.66. The molecule has 0 saturated heterocycles. The van der Waals surface area contributed by atoms with Gasteiger partial charge in [0.15, 0.2) is 5.89 Å². The van der Waals surface area contributed by atoms with Crippen LogP contribution in [0.1, 0.15) is 33.3 Å². The van der Waals surface area contributed by atoms with Gasteiger partial charge in [-0.2, -0.15) is 0 Å². The molecule has 1 aliphatic heterocycles. The summed E-state index contributed by atoms with van der Waals surface area (Å²) in [7, 11) is 0. The molecule has 2 heterocycles. The first-order valence-corrected chi connectivity index (χ1v) is 8.73. The van der Waals surface area contributed by atoms with Gasteiger partial charge in [0.25, 0.3) is 5.91 Å². The van der Waals surface area contributed by atoms with Crippen LogP contribution in [0.2, 0.25) is 5.02 Å². The Labute approximate surface area is 155 Å². The molecule has 2 aromatic carbocycles. The van der Waals surface area contributed by atoms with E-state index in [4.69, 9.17) is 16.0 Å². The fourth-order valence-electron chi connectivity index (χ4n) is 3.10. The number of rotatable bonds is 3. The second kappa shape index (κ2) is 6.92. The molecule has 4 nitrogen and oxygen atoms in total. The molecule has 0 fully saturated rings. The standard InChI is InChI=1S/C20H16ClFN2O2/c21-14-6-7-15(16(22)11-14)20(25)24-9-8-18-17(12-24)23-19(26-18)10-13-4-2-1-3-5-13/h1-7,11H,8-10,12H2. The average Bonchev–Trinajstić information content (AvgIpc) is 3.03. The fourth-order valence-corrected chi connectivity index (χ4v) is 3.26. The minimum atomic E-state index is -0.613. The number of aromatic nitrogens is 1. The predicted molar refractivity (Wildman–Crippen MR) is 95.6 cm³/mol. The zero-order valence-electron chi connectivity index (χ0n) is 13.9. The molecule has 0 unspecified atom stereocenters. The van der Waals surface area contributed by atoms with Crippen molar-refractivity contribution in [3.05, 3.63) is 87.8 Å². The van der Waals surface area contributed by atoms with Crippen LogP contribution in [-0.4, -0.2) is 22.3 Å². The number of carbonyl (C=O) groups excluding carboxylic acids is 1. The Kier molecular flexibility index (Phi) is 4.47. The number of carbonyl (C=O) groups is 1. The van der Waals surface area contributed by atoms with E-state index in [1.807, 2.05) is 30.3 Å². The van der Waals surface area contributed by atoms with E-state index in [-0.39, 0.29) is 16.5 Å². The highest BCUT2D eigenvalue weighted by Crippen LogP contribution is 2.24. The van der Waals surface area contributed by atoms with E-state index in [2.05, 4.69) is 4.98 Å². The van der Waals surface area contributed by atoms with Gasteiger partial charge in [-0.15, -0.1) is 0 Å². The molecule has 0 radical (unpaired) electrons. The molecule has 0 atom stereocenters. The first-order valence-electron chi connectivity index (χ1n) is 8.36. The number of amides is 1. The average molecular weight is 371 g/mol. The molecule has 1 aliphatic rings. The third kappa shape index (κ3) is 3.35. The molecule has 6 heteroatoms. The lowest BCUT2D eigenvalue weighted by molar-refractivity contribution is 0.0723. The van der Waals surface area contributed by atoms with Crippen molar-refractivity contribution in [2.45, 2.75) is 19.4 Å². The summed E-state index contributed by atoms with van der Waals surface area (Å²) >= 11 is 5.76. The number of nitrogens with zero attached hydrogens (tertiary/aromatic N) is 2. The molecule has 1 amide bonds. The number of benzene rings is 2. The first-order chi connectivity index (χ1) is 12.6. The highest BCUT2D eigenvalue weighted by Gasteiger charge is 2.27. The second-order valence-electron chi connectivity index (χ2n) is 6.24. The van der Waals surface area contributed by atoms with Gasteiger partial charge in [-0.1, -0.05) is 41.9 Å². The SMILES string of the molecule is O=C(c1ccc(Cl)cc1F)N1CCc2oc(Cc3ccccc3)nc2C1. The largest absolute Gasteiger partial charge is 0.445 e. The summed E-state index contributed by atoms with van der Waals surface area (Å²) in [5, 5.41) is 0.266. The Bertz CT molecular complexity index is 956. The highest BCUT2D eigenvalue weighted by atomic mass is 35.5. The Morgan fingerprint density at radius 3 is 2.81 bits per heavy atom. The first kappa shape index (κ1) is 16.8. The van der Waals surface area contributed by atoms with Crippen LogP contribution < -0.4 is 0 Å². The Morgan fingerprint density at radius 1 is 1.23 bits per heavy atom. The van der Waals surface area contributed by atoms with Crippen molar-refractivity contribution < 1.29 is 13.6 Å². The molecule has 0 bridgehead atoms. The lowest BCUT2D eigenvalue weighted by Gasteiger charge is -2.25. The second-order valence-corrected chi connectivity index (χ2v) is 6.68. The molecular formula is C20H16ClFN2O2. The van der Waals surface area contributed by atoms with E-state index >= 15 is 0 Å². The van der Waals surface area contributed by atoms with E-state index in [9.17, 15) is 9.18 Å². The monoisotopic (exact) mass is 370 g/mol. The minimum Gasteiger partial charge on any atom is -0.445 e. The van der Waals surface area contributed by atoms with E-state index < -0.39 is 5.82 Å². The molecule has 1 aromatic heterocycles. The summed E-state index contributed by atoms with van der Waals surface area (Å²) in [6, 6.07) is 14.0. The maximum atomic E-state index is 14.0. The lowest BCUT2D eigenvalue weighted by atomic mass is 10.1. The van der Waals surface area contributed by atoms with Crippen molar-refractivity contribution in [2.24, 2.45) is 0 Å². The predicted octanol–water partition coefficient (Wildman–Crippen LogP) is 4.26. The van der Waals surface area contributed by atoms with Crippen LogP contribution in [-0.2, 0) is 19.4 Å². The zero-order valence-corrected chi connectivity index (χ0v) is 14.7. The van der Waals surface area contributed by atoms with E-state index in [0.29, 0.717) is 31.8 Å². The van der Waals surface area contributed by atoms with Crippen molar-refractivity contribution in [2.75, 3.05) is 6.54 Å². The molecule has 3 aromatic rings. The van der Waals surface area contributed by atoms with Crippen LogP contribution in [0.15, 0.2) is 52.9 Å². The smallest absolute Gasteiger partial charge is 0.257 e. The maximum Gasteiger partial charge on any atom is 0.257 e. The highest BCUT2D eigenvalue weighted by molar-refractivity contribution is 6.30. The third-order valence-corrected chi connectivity index (χ3v) is 4.65. The van der Waals surface area contributed by atoms with Gasteiger partial charge in [0.05, 0.1) is 12.1 Å². The van der Waals surface area contributed by atoms with Crippen LogP contribution in [0, 0.1) is 5.82 Å². The molecule has 4 rings (SSSR count). The zero-order chi connectivity index (χ0) is 18.1. The number of oxazole rings is 1. The summed E-state index contributed by atoms with van der Waals surface area (Å²) in [5.41, 5.74) is 1.87. The van der Waals surface area contributed by atoms with Crippen LogP contribution in [0.5, 0.6) is 0 Å². The third-order valence-electron chi connectivity index (χ3n) is 4.42. The molecule has 0 N–H and O–H groups in total. The minimum absolute atomic E-state index is 0.0193. The molecule has 0 spiro atoms. The van der Waals surface area contributed by atoms with Crippen LogP contribution in [0.3, 0.4) is 0 Å². The van der Waals surface area contributed by atoms with Crippen LogP contribution >= 0.6 is 11.6 Å². The topological polar surface area (TPSA) is 46.3 Å². The van der Waals surface area contributed by atoms with Crippen molar-refractivity contribution in [1.82, 2.24) is 9.88 Å². The van der Waals surface area contributed by atoms with E-state index in [1.54, 1.807) is 4.90 Å². The van der Waals surface area contributed by atoms with Crippen LogP contribution in [0.4, 0.5) is 4.39 Å². The van der Waals surface area contributed by atoms with Gasteiger partial charge in [-0.25, -0.2) is 9.37 Å². The maximum absolute atomic E-state index is 14.0. The molecular weight excluding hydrogens is 355 g/mol. The summed E-state index contributed by atoms with van der Waals surface area (Å²) < 4.78 is 19.9. The van der Waals surface area contributed by atoms with Crippen molar-refractivity contribution in [1.29, 1.82) is 0 Å². The fraction of sp³-hybridized carbons (Fsp3) is 0.200. The number of halogens is 2. The van der Waals surface area contributed by atoms with E-state index in [1.165, 1.54) is 12.1 Å². The van der Waals surface area contributed by atoms with Crippen molar-refractivity contribution in [3.8, 4) is 0 Å². The molecule has 0 saturated carbocycles. The number of fused-ring (bicyclic) bond motifs is 1. The Morgan fingerprint density at radius 2 is 2.04 bits per heavy atom.